The van der Waals surface area contributed by atoms with E-state index in [9.17, 15) is 4.79 Å². The van der Waals surface area contributed by atoms with Crippen LogP contribution in [0.5, 0.6) is 0 Å². The molecular weight excluding hydrogens is 274 g/mol. The maximum absolute atomic E-state index is 12.7. The zero-order valence-corrected chi connectivity index (χ0v) is 14.1. The first-order valence-corrected chi connectivity index (χ1v) is 8.28. The number of carbonyl (C=O) groups is 1. The molecule has 3 nitrogen and oxygen atoms in total. The number of fused-ring (bicyclic) bond motifs is 2. The molecule has 2 aliphatic carbocycles. The normalized spacial score (nSPS) is 33.6. The molecule has 2 bridgehead atoms. The fourth-order valence-electron chi connectivity index (χ4n) is 4.69. The molecule has 1 aromatic carbocycles. The summed E-state index contributed by atoms with van der Waals surface area (Å²) in [6.45, 7) is 7.07. The molecule has 1 amide bonds. The second kappa shape index (κ2) is 5.38. The molecule has 0 aliphatic heterocycles. The highest BCUT2D eigenvalue weighted by Gasteiger charge is 2.61. The van der Waals surface area contributed by atoms with Crippen molar-refractivity contribution >= 4 is 5.91 Å². The number of rotatable bonds is 4. The van der Waals surface area contributed by atoms with Gasteiger partial charge in [-0.05, 0) is 41.6 Å². The van der Waals surface area contributed by atoms with E-state index >= 15 is 0 Å². The zero-order chi connectivity index (χ0) is 16.0. The molecule has 0 saturated heterocycles. The van der Waals surface area contributed by atoms with Crippen molar-refractivity contribution in [1.29, 1.82) is 0 Å². The number of methoxy groups -OCH3 is 1. The van der Waals surface area contributed by atoms with E-state index in [4.69, 9.17) is 4.74 Å². The molecule has 0 spiro atoms. The van der Waals surface area contributed by atoms with Crippen LogP contribution in [0.4, 0.5) is 0 Å². The van der Waals surface area contributed by atoms with Crippen LogP contribution in [0.15, 0.2) is 30.3 Å². The van der Waals surface area contributed by atoms with Gasteiger partial charge in [0.1, 0.15) is 0 Å². The molecule has 3 rings (SSSR count). The van der Waals surface area contributed by atoms with Gasteiger partial charge in [0.15, 0.2) is 6.10 Å². The Labute approximate surface area is 133 Å². The summed E-state index contributed by atoms with van der Waals surface area (Å²) in [6.07, 6.45) is 3.08. The van der Waals surface area contributed by atoms with Crippen LogP contribution >= 0.6 is 0 Å². The number of hydrogen-bond acceptors (Lipinski definition) is 2. The highest BCUT2D eigenvalue weighted by Crippen LogP contribution is 2.65. The number of hydrogen-bond donors (Lipinski definition) is 1. The standard InChI is InChI=1S/C19H27NO2/c1-18(2)14-10-11-19(18,3)15(12-14)20-17(21)16(22-4)13-8-6-5-7-9-13/h5-9,14-16H,10-12H2,1-4H3,(H,20,21)/t14-,15+,16+,19+/m1/s1. The molecular formula is C19H27NO2. The highest BCUT2D eigenvalue weighted by molar-refractivity contribution is 5.82. The summed E-state index contributed by atoms with van der Waals surface area (Å²) in [7, 11) is 1.60. The second-order valence-electron chi connectivity index (χ2n) is 7.70. The predicted molar refractivity (Wildman–Crippen MR) is 87.4 cm³/mol. The van der Waals surface area contributed by atoms with Gasteiger partial charge in [0.05, 0.1) is 0 Å². The SMILES string of the molecule is CO[C@H](C(=O)N[C@H]1C[C@H]2CC[C@]1(C)C2(C)C)c1ccccc1. The fraction of sp³-hybridized carbons (Fsp3) is 0.632. The monoisotopic (exact) mass is 301 g/mol. The predicted octanol–water partition coefficient (Wildman–Crippen LogP) is 3.71. The van der Waals surface area contributed by atoms with Crippen molar-refractivity contribution in [3.05, 3.63) is 35.9 Å². The average Bonchev–Trinajstić information content (AvgIpc) is 2.82. The van der Waals surface area contributed by atoms with E-state index in [-0.39, 0.29) is 17.4 Å². The zero-order valence-electron chi connectivity index (χ0n) is 14.1. The number of ether oxygens (including phenoxy) is 1. The van der Waals surface area contributed by atoms with Gasteiger partial charge in [-0.25, -0.2) is 0 Å². The lowest BCUT2D eigenvalue weighted by Gasteiger charge is -2.39. The first kappa shape index (κ1) is 15.5. The van der Waals surface area contributed by atoms with Crippen molar-refractivity contribution in [2.24, 2.45) is 16.7 Å². The third-order valence-electron chi connectivity index (χ3n) is 6.69. The molecule has 120 valence electrons. The molecule has 1 N–H and O–H groups in total. The number of nitrogens with one attached hydrogen (secondary N) is 1. The molecule has 3 heteroatoms. The van der Waals surface area contributed by atoms with Crippen LogP contribution in [0.25, 0.3) is 0 Å². The Morgan fingerprint density at radius 1 is 1.27 bits per heavy atom. The molecule has 2 fully saturated rings. The molecule has 2 saturated carbocycles. The van der Waals surface area contributed by atoms with E-state index in [1.165, 1.54) is 12.8 Å². The first-order chi connectivity index (χ1) is 10.4. The highest BCUT2D eigenvalue weighted by atomic mass is 16.5. The van der Waals surface area contributed by atoms with Gasteiger partial charge in [-0.1, -0.05) is 51.1 Å². The van der Waals surface area contributed by atoms with Crippen molar-refractivity contribution in [1.82, 2.24) is 5.32 Å². The third-order valence-corrected chi connectivity index (χ3v) is 6.69. The molecule has 22 heavy (non-hydrogen) atoms. The minimum Gasteiger partial charge on any atom is -0.367 e. The van der Waals surface area contributed by atoms with Crippen molar-refractivity contribution in [3.63, 3.8) is 0 Å². The Balaban J connectivity index is 1.75. The van der Waals surface area contributed by atoms with Gasteiger partial charge >= 0.3 is 0 Å². The fourth-order valence-corrected chi connectivity index (χ4v) is 4.69. The van der Waals surface area contributed by atoms with E-state index in [0.29, 0.717) is 5.41 Å². The van der Waals surface area contributed by atoms with Gasteiger partial charge in [-0.15, -0.1) is 0 Å². The summed E-state index contributed by atoms with van der Waals surface area (Å²) >= 11 is 0. The van der Waals surface area contributed by atoms with E-state index in [1.54, 1.807) is 7.11 Å². The Kier molecular flexibility index (Phi) is 3.80. The van der Waals surface area contributed by atoms with Crippen molar-refractivity contribution in [2.45, 2.75) is 52.2 Å². The average molecular weight is 301 g/mol. The summed E-state index contributed by atoms with van der Waals surface area (Å²) in [5, 5.41) is 3.29. The van der Waals surface area contributed by atoms with Crippen molar-refractivity contribution in [3.8, 4) is 0 Å². The Morgan fingerprint density at radius 2 is 1.95 bits per heavy atom. The number of amides is 1. The minimum absolute atomic E-state index is 0.0109. The van der Waals surface area contributed by atoms with Crippen LogP contribution in [0, 0.1) is 16.7 Å². The summed E-state index contributed by atoms with van der Waals surface area (Å²) in [5.41, 5.74) is 1.41. The molecule has 4 atom stereocenters. The van der Waals surface area contributed by atoms with E-state index in [1.807, 2.05) is 30.3 Å². The van der Waals surface area contributed by atoms with Crippen molar-refractivity contribution in [2.75, 3.05) is 7.11 Å². The van der Waals surface area contributed by atoms with E-state index in [2.05, 4.69) is 26.1 Å². The van der Waals surface area contributed by atoms with Gasteiger partial charge in [0.25, 0.3) is 5.91 Å². The van der Waals surface area contributed by atoms with E-state index < -0.39 is 6.10 Å². The maximum Gasteiger partial charge on any atom is 0.253 e. The molecule has 0 radical (unpaired) electrons. The Bertz CT molecular complexity index is 554. The van der Waals surface area contributed by atoms with Gasteiger partial charge in [-0.2, -0.15) is 0 Å². The third kappa shape index (κ3) is 2.18. The summed E-state index contributed by atoms with van der Waals surface area (Å²) < 4.78 is 5.46. The van der Waals surface area contributed by atoms with Crippen LogP contribution in [0.2, 0.25) is 0 Å². The quantitative estimate of drug-likeness (QED) is 0.920. The smallest absolute Gasteiger partial charge is 0.253 e. The molecule has 1 aromatic rings. The van der Waals surface area contributed by atoms with Crippen LogP contribution in [0.3, 0.4) is 0 Å². The summed E-state index contributed by atoms with van der Waals surface area (Å²) in [5.74, 6) is 0.712. The first-order valence-electron chi connectivity index (χ1n) is 8.28. The maximum atomic E-state index is 12.7. The molecule has 0 unspecified atom stereocenters. The van der Waals surface area contributed by atoms with Crippen LogP contribution in [0.1, 0.15) is 51.7 Å². The summed E-state index contributed by atoms with van der Waals surface area (Å²) in [6, 6.07) is 9.98. The van der Waals surface area contributed by atoms with Crippen LogP contribution < -0.4 is 5.32 Å². The van der Waals surface area contributed by atoms with Gasteiger partial charge in [0, 0.05) is 13.2 Å². The lowest BCUT2D eigenvalue weighted by atomic mass is 9.69. The molecule has 0 aromatic heterocycles. The lowest BCUT2D eigenvalue weighted by Crippen LogP contribution is -2.48. The number of carbonyl (C=O) groups excluding carboxylic acids is 1. The number of benzene rings is 1. The topological polar surface area (TPSA) is 38.3 Å². The van der Waals surface area contributed by atoms with Gasteiger partial charge in [-0.3, -0.25) is 4.79 Å². The van der Waals surface area contributed by atoms with Crippen LogP contribution in [-0.4, -0.2) is 19.1 Å². The van der Waals surface area contributed by atoms with Crippen LogP contribution in [-0.2, 0) is 9.53 Å². The largest absolute Gasteiger partial charge is 0.367 e. The van der Waals surface area contributed by atoms with Gasteiger partial charge in [0.2, 0.25) is 0 Å². The van der Waals surface area contributed by atoms with Crippen molar-refractivity contribution < 1.29 is 9.53 Å². The molecule has 2 aliphatic rings. The Hall–Kier alpha value is -1.35. The van der Waals surface area contributed by atoms with E-state index in [0.717, 1.165) is 17.9 Å². The lowest BCUT2D eigenvalue weighted by molar-refractivity contribution is -0.133. The molecule has 0 heterocycles. The second-order valence-corrected chi connectivity index (χ2v) is 7.70. The Morgan fingerprint density at radius 3 is 2.45 bits per heavy atom. The van der Waals surface area contributed by atoms with Gasteiger partial charge < -0.3 is 10.1 Å². The summed E-state index contributed by atoms with van der Waals surface area (Å²) in [4.78, 5) is 12.7. The minimum atomic E-state index is -0.521.